The van der Waals surface area contributed by atoms with Crippen LogP contribution in [0.25, 0.3) is 0 Å². The lowest BCUT2D eigenvalue weighted by Crippen LogP contribution is -2.44. The van der Waals surface area contributed by atoms with Gasteiger partial charge in [0.05, 0.1) is 12.3 Å². The molecule has 1 saturated heterocycles. The number of nitrogens with zero attached hydrogens (tertiary/aromatic N) is 1. The highest BCUT2D eigenvalue weighted by molar-refractivity contribution is 5.85. The van der Waals surface area contributed by atoms with Crippen LogP contribution in [-0.2, 0) is 0 Å². The van der Waals surface area contributed by atoms with Crippen molar-refractivity contribution in [2.75, 3.05) is 26.2 Å². The Morgan fingerprint density at radius 3 is 2.56 bits per heavy atom. The molecule has 1 N–H and O–H groups in total. The summed E-state index contributed by atoms with van der Waals surface area (Å²) >= 11 is 0. The molecule has 2 heterocycles. The molecule has 0 aliphatic carbocycles. The minimum Gasteiger partial charge on any atom is -0.467 e. The van der Waals surface area contributed by atoms with Gasteiger partial charge in [0.1, 0.15) is 5.76 Å². The second-order valence-corrected chi connectivity index (χ2v) is 3.48. The van der Waals surface area contributed by atoms with Crippen molar-refractivity contribution in [3.8, 4) is 0 Å². The molecule has 16 heavy (non-hydrogen) atoms. The van der Waals surface area contributed by atoms with Gasteiger partial charge in [-0.05, 0) is 12.1 Å². The standard InChI is InChI=1S/C11H16N2O.2ClH/c1-2-10(11-4-3-9-14-11)13-7-5-12-6-8-13;;/h2-4,9-10,12H,1,5-8H2;2*1H/t10-;;/m0../s1. The summed E-state index contributed by atoms with van der Waals surface area (Å²) in [5.74, 6) is 0.988. The molecular formula is C11H18Cl2N2O. The van der Waals surface area contributed by atoms with Crippen molar-refractivity contribution in [3.05, 3.63) is 36.8 Å². The summed E-state index contributed by atoms with van der Waals surface area (Å²) in [6.45, 7) is 8.07. The Bertz CT molecular complexity index is 284. The number of nitrogens with one attached hydrogen (secondary N) is 1. The van der Waals surface area contributed by atoms with Gasteiger partial charge < -0.3 is 9.73 Å². The first kappa shape index (κ1) is 15.5. The molecule has 0 radical (unpaired) electrons. The number of hydrogen-bond acceptors (Lipinski definition) is 3. The van der Waals surface area contributed by atoms with Gasteiger partial charge in [0.25, 0.3) is 0 Å². The normalized spacial score (nSPS) is 18.0. The second kappa shape index (κ2) is 7.74. The number of rotatable bonds is 3. The Hall–Kier alpha value is -0.480. The van der Waals surface area contributed by atoms with Crippen molar-refractivity contribution in [1.29, 1.82) is 0 Å². The maximum Gasteiger partial charge on any atom is 0.124 e. The van der Waals surface area contributed by atoms with Crippen LogP contribution in [0.2, 0.25) is 0 Å². The van der Waals surface area contributed by atoms with E-state index in [4.69, 9.17) is 4.42 Å². The Balaban J connectivity index is 0.00000112. The summed E-state index contributed by atoms with van der Waals surface area (Å²) in [6, 6.07) is 4.16. The quantitative estimate of drug-likeness (QED) is 0.850. The Morgan fingerprint density at radius 1 is 1.38 bits per heavy atom. The first-order valence-corrected chi connectivity index (χ1v) is 5.02. The SMILES string of the molecule is C=C[C@@H](c1ccco1)N1CCNCC1.Cl.Cl. The average Bonchev–Trinajstić information content (AvgIpc) is 2.74. The van der Waals surface area contributed by atoms with Crippen molar-refractivity contribution in [3.63, 3.8) is 0 Å². The van der Waals surface area contributed by atoms with Gasteiger partial charge in [-0.1, -0.05) is 6.08 Å². The van der Waals surface area contributed by atoms with Gasteiger partial charge in [-0.15, -0.1) is 31.4 Å². The van der Waals surface area contributed by atoms with E-state index >= 15 is 0 Å². The largest absolute Gasteiger partial charge is 0.467 e. The van der Waals surface area contributed by atoms with E-state index in [1.165, 1.54) is 0 Å². The van der Waals surface area contributed by atoms with Gasteiger partial charge >= 0.3 is 0 Å². The molecule has 1 aliphatic rings. The minimum absolute atomic E-state index is 0. The van der Waals surface area contributed by atoms with E-state index in [1.807, 2.05) is 18.2 Å². The number of piperazine rings is 1. The van der Waals surface area contributed by atoms with Crippen molar-refractivity contribution >= 4 is 24.8 Å². The van der Waals surface area contributed by atoms with Crippen LogP contribution in [0, 0.1) is 0 Å². The smallest absolute Gasteiger partial charge is 0.124 e. The van der Waals surface area contributed by atoms with Gasteiger partial charge in [0.15, 0.2) is 0 Å². The highest BCUT2D eigenvalue weighted by Gasteiger charge is 2.20. The van der Waals surface area contributed by atoms with Crippen LogP contribution in [0.15, 0.2) is 35.5 Å². The van der Waals surface area contributed by atoms with E-state index in [-0.39, 0.29) is 30.9 Å². The molecule has 2 rings (SSSR count). The molecule has 92 valence electrons. The highest BCUT2D eigenvalue weighted by atomic mass is 35.5. The highest BCUT2D eigenvalue weighted by Crippen LogP contribution is 2.22. The van der Waals surface area contributed by atoms with Gasteiger partial charge in [-0.25, -0.2) is 0 Å². The monoisotopic (exact) mass is 264 g/mol. The lowest BCUT2D eigenvalue weighted by molar-refractivity contribution is 0.185. The van der Waals surface area contributed by atoms with Crippen molar-refractivity contribution in [1.82, 2.24) is 10.2 Å². The third-order valence-corrected chi connectivity index (χ3v) is 2.60. The van der Waals surface area contributed by atoms with E-state index in [9.17, 15) is 0 Å². The Kier molecular flexibility index (Phi) is 7.51. The first-order valence-electron chi connectivity index (χ1n) is 5.02. The molecule has 0 amide bonds. The van der Waals surface area contributed by atoms with Crippen LogP contribution in [0.1, 0.15) is 11.8 Å². The van der Waals surface area contributed by atoms with Crippen LogP contribution in [0.3, 0.4) is 0 Å². The molecule has 5 heteroatoms. The fraction of sp³-hybridized carbons (Fsp3) is 0.455. The van der Waals surface area contributed by atoms with Crippen molar-refractivity contribution in [2.45, 2.75) is 6.04 Å². The molecule has 0 bridgehead atoms. The average molecular weight is 265 g/mol. The van der Waals surface area contributed by atoms with Crippen molar-refractivity contribution in [2.24, 2.45) is 0 Å². The molecular weight excluding hydrogens is 247 g/mol. The topological polar surface area (TPSA) is 28.4 Å². The molecule has 1 aromatic heterocycles. The predicted octanol–water partition coefficient (Wildman–Crippen LogP) is 2.26. The molecule has 0 unspecified atom stereocenters. The van der Waals surface area contributed by atoms with Crippen LogP contribution in [0.4, 0.5) is 0 Å². The van der Waals surface area contributed by atoms with E-state index in [0.717, 1.165) is 31.9 Å². The predicted molar refractivity (Wildman–Crippen MR) is 70.6 cm³/mol. The van der Waals surface area contributed by atoms with E-state index in [2.05, 4.69) is 16.8 Å². The fourth-order valence-corrected chi connectivity index (χ4v) is 1.87. The van der Waals surface area contributed by atoms with E-state index < -0.39 is 0 Å². The Morgan fingerprint density at radius 2 is 2.06 bits per heavy atom. The van der Waals surface area contributed by atoms with Crippen LogP contribution in [-0.4, -0.2) is 31.1 Å². The van der Waals surface area contributed by atoms with Gasteiger partial charge in [-0.3, -0.25) is 4.90 Å². The number of halogens is 2. The zero-order valence-electron chi connectivity index (χ0n) is 9.09. The summed E-state index contributed by atoms with van der Waals surface area (Å²) in [7, 11) is 0. The van der Waals surface area contributed by atoms with E-state index in [1.54, 1.807) is 6.26 Å². The maximum atomic E-state index is 5.41. The van der Waals surface area contributed by atoms with Gasteiger partial charge in [0, 0.05) is 26.2 Å². The van der Waals surface area contributed by atoms with E-state index in [0.29, 0.717) is 0 Å². The molecule has 0 aromatic carbocycles. The van der Waals surface area contributed by atoms with Crippen LogP contribution >= 0.6 is 24.8 Å². The fourth-order valence-electron chi connectivity index (χ4n) is 1.87. The lowest BCUT2D eigenvalue weighted by Gasteiger charge is -2.31. The van der Waals surface area contributed by atoms with Gasteiger partial charge in [0.2, 0.25) is 0 Å². The van der Waals surface area contributed by atoms with Gasteiger partial charge in [-0.2, -0.15) is 0 Å². The second-order valence-electron chi connectivity index (χ2n) is 3.48. The number of hydrogen-bond donors (Lipinski definition) is 1. The molecule has 0 spiro atoms. The summed E-state index contributed by atoms with van der Waals surface area (Å²) in [4.78, 5) is 2.38. The van der Waals surface area contributed by atoms with Crippen LogP contribution in [0.5, 0.6) is 0 Å². The van der Waals surface area contributed by atoms with Crippen LogP contribution < -0.4 is 5.32 Å². The molecule has 1 aromatic rings. The first-order chi connectivity index (χ1) is 6.92. The Labute approximate surface area is 109 Å². The molecule has 3 nitrogen and oxygen atoms in total. The zero-order valence-corrected chi connectivity index (χ0v) is 10.7. The summed E-state index contributed by atoms with van der Waals surface area (Å²) in [6.07, 6.45) is 3.66. The number of furan rings is 1. The maximum absolute atomic E-state index is 5.41. The summed E-state index contributed by atoms with van der Waals surface area (Å²) in [5, 5.41) is 3.33. The molecule has 0 saturated carbocycles. The summed E-state index contributed by atoms with van der Waals surface area (Å²) in [5.41, 5.74) is 0. The third kappa shape index (κ3) is 3.52. The zero-order chi connectivity index (χ0) is 9.80. The summed E-state index contributed by atoms with van der Waals surface area (Å²) < 4.78 is 5.41. The van der Waals surface area contributed by atoms with Crippen molar-refractivity contribution < 1.29 is 4.42 Å². The molecule has 1 fully saturated rings. The molecule has 1 aliphatic heterocycles. The lowest BCUT2D eigenvalue weighted by atomic mass is 10.1. The minimum atomic E-state index is 0. The third-order valence-electron chi connectivity index (χ3n) is 2.60. The molecule has 1 atom stereocenters.